The number of hydrogen-bond acceptors (Lipinski definition) is 9. The molecule has 11 heteroatoms. The lowest BCUT2D eigenvalue weighted by Crippen LogP contribution is -2.30. The molecule has 6 rings (SSSR count). The van der Waals surface area contributed by atoms with Crippen molar-refractivity contribution >= 4 is 11.6 Å². The average molecular weight is 638 g/mol. The number of aromatic nitrogens is 2. The van der Waals surface area contributed by atoms with Gasteiger partial charge in [-0.25, -0.2) is 0 Å². The first-order chi connectivity index (χ1) is 22.8. The molecule has 0 bridgehead atoms. The van der Waals surface area contributed by atoms with Crippen molar-refractivity contribution in [3.8, 4) is 34.6 Å². The number of carbonyl (C=O) groups is 1. The Morgan fingerprint density at radius 1 is 0.979 bits per heavy atom. The molecule has 3 heterocycles. The second-order valence-corrected chi connectivity index (χ2v) is 11.3. The number of amides is 1. The van der Waals surface area contributed by atoms with Gasteiger partial charge >= 0.3 is 0 Å². The lowest BCUT2D eigenvalue weighted by Gasteiger charge is -2.20. The molecule has 0 spiro atoms. The van der Waals surface area contributed by atoms with Crippen LogP contribution in [-0.4, -0.2) is 57.5 Å². The van der Waals surface area contributed by atoms with E-state index in [2.05, 4.69) is 16.4 Å². The molecule has 242 valence electrons. The maximum absolute atomic E-state index is 13.7. The van der Waals surface area contributed by atoms with Gasteiger partial charge in [0.2, 0.25) is 11.8 Å². The van der Waals surface area contributed by atoms with Gasteiger partial charge in [0.25, 0.3) is 5.56 Å². The lowest BCUT2D eigenvalue weighted by atomic mass is 9.88. The van der Waals surface area contributed by atoms with E-state index in [1.54, 1.807) is 48.7 Å². The molecule has 1 aliphatic rings. The van der Waals surface area contributed by atoms with E-state index in [1.807, 2.05) is 12.1 Å². The predicted molar refractivity (Wildman–Crippen MR) is 174 cm³/mol. The first-order valence-corrected chi connectivity index (χ1v) is 15.3. The van der Waals surface area contributed by atoms with E-state index in [4.69, 9.17) is 14.2 Å². The van der Waals surface area contributed by atoms with Gasteiger partial charge in [-0.15, -0.1) is 0 Å². The zero-order valence-electron chi connectivity index (χ0n) is 25.8. The largest absolute Gasteiger partial charge is 0.504 e. The highest BCUT2D eigenvalue weighted by atomic mass is 16.5. The number of phenols is 2. The van der Waals surface area contributed by atoms with Crippen LogP contribution in [0.1, 0.15) is 40.2 Å². The number of aromatic hydroxyl groups is 3. The fourth-order valence-electron chi connectivity index (χ4n) is 5.81. The summed E-state index contributed by atoms with van der Waals surface area (Å²) in [6.07, 6.45) is 3.36. The van der Waals surface area contributed by atoms with E-state index in [1.165, 1.54) is 29.2 Å². The molecule has 0 aliphatic carbocycles. The predicted octanol–water partition coefficient (Wildman–Crippen LogP) is 4.26. The number of hydrogen-bond donors (Lipinski definition) is 4. The van der Waals surface area contributed by atoms with Crippen LogP contribution in [0.5, 0.6) is 34.6 Å². The molecular formula is C36H35N3O8. The van der Waals surface area contributed by atoms with Crippen molar-refractivity contribution < 1.29 is 34.3 Å². The monoisotopic (exact) mass is 637 g/mol. The average Bonchev–Trinajstić information content (AvgIpc) is 3.54. The van der Waals surface area contributed by atoms with Crippen LogP contribution in [-0.2, 0) is 24.1 Å². The van der Waals surface area contributed by atoms with Crippen molar-refractivity contribution in [1.82, 2.24) is 14.7 Å². The molecule has 47 heavy (non-hydrogen) atoms. The minimum absolute atomic E-state index is 0.0244. The van der Waals surface area contributed by atoms with Gasteiger partial charge in [0.1, 0.15) is 11.4 Å². The van der Waals surface area contributed by atoms with E-state index in [9.17, 15) is 24.9 Å². The first kappa shape index (κ1) is 31.3. The van der Waals surface area contributed by atoms with Crippen molar-refractivity contribution in [3.63, 3.8) is 0 Å². The Morgan fingerprint density at radius 2 is 1.81 bits per heavy atom. The summed E-state index contributed by atoms with van der Waals surface area (Å²) in [4.78, 5) is 31.2. The van der Waals surface area contributed by atoms with Gasteiger partial charge in [0, 0.05) is 37.9 Å². The van der Waals surface area contributed by atoms with Gasteiger partial charge in [-0.1, -0.05) is 30.3 Å². The molecular weight excluding hydrogens is 602 g/mol. The second-order valence-electron chi connectivity index (χ2n) is 11.3. The molecule has 1 aliphatic heterocycles. The van der Waals surface area contributed by atoms with Gasteiger partial charge in [-0.3, -0.25) is 14.0 Å². The smallest absolute Gasteiger partial charge is 0.265 e. The Bertz CT molecular complexity index is 1990. The topological polar surface area (TPSA) is 152 Å². The molecule has 0 fully saturated rings. The third-order valence-electron chi connectivity index (χ3n) is 8.25. The number of methoxy groups -OCH3 is 1. The summed E-state index contributed by atoms with van der Waals surface area (Å²) in [6.45, 7) is 1.34. The number of fused-ring (bicyclic) bond motifs is 2. The van der Waals surface area contributed by atoms with E-state index in [-0.39, 0.29) is 41.6 Å². The molecule has 2 aromatic heterocycles. The number of pyridine rings is 1. The summed E-state index contributed by atoms with van der Waals surface area (Å²) in [5.41, 5.74) is 3.36. The zero-order chi connectivity index (χ0) is 32.9. The number of ether oxygens (including phenoxy) is 3. The third-order valence-corrected chi connectivity index (χ3v) is 8.25. The fraction of sp³-hybridized carbons (Fsp3) is 0.250. The Kier molecular flexibility index (Phi) is 9.14. The number of nitrogens with one attached hydrogen (secondary N) is 1. The number of carbonyl (C=O) groups excluding carboxylic acids is 1. The van der Waals surface area contributed by atoms with Crippen LogP contribution in [0.2, 0.25) is 0 Å². The molecule has 0 saturated carbocycles. The molecule has 1 amide bonds. The Labute approximate surface area is 270 Å². The summed E-state index contributed by atoms with van der Waals surface area (Å²) < 4.78 is 18.7. The Morgan fingerprint density at radius 3 is 2.64 bits per heavy atom. The van der Waals surface area contributed by atoms with Crippen LogP contribution in [0.3, 0.4) is 0 Å². The number of rotatable bonds is 12. The maximum atomic E-state index is 13.7. The van der Waals surface area contributed by atoms with E-state index >= 15 is 0 Å². The molecule has 11 nitrogen and oxygen atoms in total. The summed E-state index contributed by atoms with van der Waals surface area (Å²) in [7, 11) is 1.51. The summed E-state index contributed by atoms with van der Waals surface area (Å²) in [6, 6.07) is 20.8. The zero-order valence-corrected chi connectivity index (χ0v) is 25.8. The van der Waals surface area contributed by atoms with Crippen LogP contribution in [0, 0.1) is 0 Å². The maximum Gasteiger partial charge on any atom is 0.265 e. The number of benzene rings is 3. The van der Waals surface area contributed by atoms with Gasteiger partial charge in [0.05, 0.1) is 25.9 Å². The normalized spacial score (nSPS) is 12.7. The van der Waals surface area contributed by atoms with Crippen LogP contribution in [0.15, 0.2) is 83.8 Å². The second kappa shape index (κ2) is 13.7. The SMILES string of the molecule is COc1cc(C(CC(=O)NCCc2ccc(O)c(O)c2)c2c(O)nc3ccccn3c2=O)ccc1OCCc1ccc2c(c1)CCO2. The van der Waals surface area contributed by atoms with Crippen LogP contribution >= 0.6 is 0 Å². The lowest BCUT2D eigenvalue weighted by molar-refractivity contribution is -0.121. The molecule has 1 atom stereocenters. The minimum Gasteiger partial charge on any atom is -0.504 e. The Balaban J connectivity index is 1.23. The molecule has 3 aromatic carbocycles. The number of phenolic OH excluding ortho intramolecular Hbond substituents is 2. The van der Waals surface area contributed by atoms with Gasteiger partial charge < -0.3 is 34.8 Å². The first-order valence-electron chi connectivity index (χ1n) is 15.3. The highest BCUT2D eigenvalue weighted by molar-refractivity contribution is 5.78. The van der Waals surface area contributed by atoms with Gasteiger partial charge in [-0.05, 0) is 71.1 Å². The quantitative estimate of drug-likeness (QED) is 0.147. The van der Waals surface area contributed by atoms with Crippen molar-refractivity contribution in [1.29, 1.82) is 0 Å². The van der Waals surface area contributed by atoms with E-state index < -0.39 is 17.4 Å². The van der Waals surface area contributed by atoms with Crippen LogP contribution < -0.4 is 25.1 Å². The molecule has 4 N–H and O–H groups in total. The highest BCUT2D eigenvalue weighted by Gasteiger charge is 2.27. The van der Waals surface area contributed by atoms with Gasteiger partial charge in [0.15, 0.2) is 23.0 Å². The number of nitrogens with zero attached hydrogens (tertiary/aromatic N) is 2. The molecule has 0 saturated heterocycles. The minimum atomic E-state index is -0.874. The van der Waals surface area contributed by atoms with Crippen molar-refractivity contribution in [2.24, 2.45) is 0 Å². The van der Waals surface area contributed by atoms with Crippen LogP contribution in [0.4, 0.5) is 0 Å². The summed E-state index contributed by atoms with van der Waals surface area (Å²) in [5, 5.41) is 33.2. The molecule has 5 aromatic rings. The summed E-state index contributed by atoms with van der Waals surface area (Å²) >= 11 is 0. The van der Waals surface area contributed by atoms with Crippen molar-refractivity contribution in [2.45, 2.75) is 31.6 Å². The van der Waals surface area contributed by atoms with Crippen LogP contribution in [0.25, 0.3) is 5.65 Å². The fourth-order valence-corrected chi connectivity index (χ4v) is 5.81. The molecule has 0 radical (unpaired) electrons. The summed E-state index contributed by atoms with van der Waals surface area (Å²) in [5.74, 6) is -0.326. The standard InChI is InChI=1S/C36H35N3O8/c1-45-31-20-24(7-10-30(31)47-16-12-23-6-9-29-25(18-23)13-17-46-29)26(34-35(43)38-32-4-2-3-15-39(32)36(34)44)21-33(42)37-14-11-22-5-8-27(40)28(41)19-22/h2-10,15,18-20,26,40-41,43H,11-14,16-17,21H2,1H3,(H,37,42). The van der Waals surface area contributed by atoms with E-state index in [0.29, 0.717) is 43.1 Å². The Hall–Kier alpha value is -5.71. The van der Waals surface area contributed by atoms with Crippen molar-refractivity contribution in [2.75, 3.05) is 26.9 Å². The van der Waals surface area contributed by atoms with Crippen molar-refractivity contribution in [3.05, 3.63) is 117 Å². The molecule has 1 unspecified atom stereocenters. The van der Waals surface area contributed by atoms with E-state index in [0.717, 1.165) is 23.3 Å². The third kappa shape index (κ3) is 6.94. The van der Waals surface area contributed by atoms with Gasteiger partial charge in [-0.2, -0.15) is 4.98 Å². The highest BCUT2D eigenvalue weighted by Crippen LogP contribution is 2.37.